The van der Waals surface area contributed by atoms with Crippen LogP contribution in [0, 0.1) is 0 Å². The van der Waals surface area contributed by atoms with Gasteiger partial charge in [-0.05, 0) is 31.2 Å². The van der Waals surface area contributed by atoms with E-state index in [4.69, 9.17) is 16.1 Å². The number of hydrogen-bond acceptors (Lipinski definition) is 5. The van der Waals surface area contributed by atoms with E-state index in [9.17, 15) is 5.11 Å². The van der Waals surface area contributed by atoms with Gasteiger partial charge in [0.15, 0.2) is 5.82 Å². The molecule has 2 unspecified atom stereocenters. The maximum Gasteiger partial charge on any atom is 0.257 e. The van der Waals surface area contributed by atoms with Gasteiger partial charge in [-0.15, -0.1) is 11.8 Å². The van der Waals surface area contributed by atoms with Crippen molar-refractivity contribution in [2.24, 2.45) is 0 Å². The van der Waals surface area contributed by atoms with Gasteiger partial charge in [-0.1, -0.05) is 23.7 Å². The van der Waals surface area contributed by atoms with Crippen LogP contribution in [0.5, 0.6) is 0 Å². The zero-order valence-corrected chi connectivity index (χ0v) is 12.3. The van der Waals surface area contributed by atoms with E-state index in [1.54, 1.807) is 30.8 Å². The lowest BCUT2D eigenvalue weighted by Crippen LogP contribution is -2.15. The van der Waals surface area contributed by atoms with Gasteiger partial charge in [-0.2, -0.15) is 4.98 Å². The Morgan fingerprint density at radius 3 is 2.63 bits per heavy atom. The van der Waals surface area contributed by atoms with Crippen molar-refractivity contribution in [1.29, 1.82) is 0 Å². The predicted molar refractivity (Wildman–Crippen MR) is 77.2 cm³/mol. The Hall–Kier alpha value is -1.04. The molecule has 102 valence electrons. The summed E-state index contributed by atoms with van der Waals surface area (Å²) in [5.41, 5.74) is 0.844. The van der Waals surface area contributed by atoms with Gasteiger partial charge in [-0.25, -0.2) is 0 Å². The molecule has 1 heterocycles. The Kier molecular flexibility index (Phi) is 4.85. The summed E-state index contributed by atoms with van der Waals surface area (Å²) in [7, 11) is 0. The van der Waals surface area contributed by atoms with Crippen LogP contribution in [0.2, 0.25) is 5.02 Å². The van der Waals surface area contributed by atoms with Gasteiger partial charge in [0.25, 0.3) is 5.89 Å². The van der Waals surface area contributed by atoms with Gasteiger partial charge < -0.3 is 9.63 Å². The average Bonchev–Trinajstić information content (AvgIpc) is 2.85. The van der Waals surface area contributed by atoms with E-state index in [1.807, 2.05) is 19.1 Å². The van der Waals surface area contributed by atoms with Crippen molar-refractivity contribution in [2.45, 2.75) is 31.0 Å². The standard InChI is InChI=1S/C13H15ClN2O2S/c1-8(17)9(2)19-7-12-15-13(18-16-12)10-3-5-11(14)6-4-10/h3-6,8-9,17H,7H2,1-2H3. The van der Waals surface area contributed by atoms with Crippen LogP contribution in [0.4, 0.5) is 0 Å². The molecule has 0 aliphatic carbocycles. The third-order valence-corrected chi connectivity index (χ3v) is 4.31. The number of aliphatic hydroxyl groups excluding tert-OH is 1. The summed E-state index contributed by atoms with van der Waals surface area (Å²) in [5, 5.41) is 14.1. The highest BCUT2D eigenvalue weighted by atomic mass is 35.5. The van der Waals surface area contributed by atoms with Crippen molar-refractivity contribution in [1.82, 2.24) is 10.1 Å². The second-order valence-corrected chi connectivity index (χ2v) is 6.08. The lowest BCUT2D eigenvalue weighted by molar-refractivity contribution is 0.196. The van der Waals surface area contributed by atoms with Crippen LogP contribution in [-0.4, -0.2) is 26.6 Å². The number of nitrogens with zero attached hydrogens (tertiary/aromatic N) is 2. The van der Waals surface area contributed by atoms with Crippen molar-refractivity contribution < 1.29 is 9.63 Å². The Labute approximate surface area is 121 Å². The minimum absolute atomic E-state index is 0.137. The molecule has 6 heteroatoms. The third kappa shape index (κ3) is 3.96. The molecule has 0 saturated heterocycles. The SMILES string of the molecule is CC(O)C(C)SCc1noc(-c2ccc(Cl)cc2)n1. The highest BCUT2D eigenvalue weighted by molar-refractivity contribution is 7.99. The monoisotopic (exact) mass is 298 g/mol. The first kappa shape index (κ1) is 14.4. The Morgan fingerprint density at radius 2 is 2.00 bits per heavy atom. The summed E-state index contributed by atoms with van der Waals surface area (Å²) in [4.78, 5) is 4.32. The van der Waals surface area contributed by atoms with Crippen LogP contribution >= 0.6 is 23.4 Å². The molecule has 2 aromatic rings. The highest BCUT2D eigenvalue weighted by Crippen LogP contribution is 2.22. The van der Waals surface area contributed by atoms with Gasteiger partial charge in [0.05, 0.1) is 11.9 Å². The summed E-state index contributed by atoms with van der Waals surface area (Å²) in [6, 6.07) is 7.24. The zero-order chi connectivity index (χ0) is 13.8. The quantitative estimate of drug-likeness (QED) is 0.917. The smallest absolute Gasteiger partial charge is 0.257 e. The van der Waals surface area contributed by atoms with Crippen LogP contribution in [-0.2, 0) is 5.75 Å². The van der Waals surface area contributed by atoms with E-state index < -0.39 is 0 Å². The van der Waals surface area contributed by atoms with E-state index >= 15 is 0 Å². The first-order valence-corrected chi connectivity index (χ1v) is 7.37. The Bertz CT molecular complexity index is 528. The molecule has 0 bridgehead atoms. The fraction of sp³-hybridized carbons (Fsp3) is 0.385. The maximum absolute atomic E-state index is 9.41. The van der Waals surface area contributed by atoms with Crippen molar-refractivity contribution in [3.05, 3.63) is 35.1 Å². The molecule has 0 spiro atoms. The molecule has 1 aromatic heterocycles. The van der Waals surface area contributed by atoms with Gasteiger partial charge in [0.2, 0.25) is 0 Å². The van der Waals surface area contributed by atoms with Gasteiger partial charge >= 0.3 is 0 Å². The molecule has 2 atom stereocenters. The average molecular weight is 299 g/mol. The van der Waals surface area contributed by atoms with Crippen LogP contribution in [0.25, 0.3) is 11.5 Å². The number of thioether (sulfide) groups is 1. The van der Waals surface area contributed by atoms with Crippen LogP contribution in [0.15, 0.2) is 28.8 Å². The predicted octanol–water partition coefficient (Wildman–Crippen LogP) is 3.39. The number of halogens is 1. The Morgan fingerprint density at radius 1 is 1.32 bits per heavy atom. The third-order valence-electron chi connectivity index (χ3n) is 2.71. The molecule has 0 saturated carbocycles. The van der Waals surface area contributed by atoms with E-state index in [1.165, 1.54) is 0 Å². The summed E-state index contributed by atoms with van der Waals surface area (Å²) in [6.07, 6.45) is -0.354. The zero-order valence-electron chi connectivity index (χ0n) is 10.7. The number of benzene rings is 1. The summed E-state index contributed by atoms with van der Waals surface area (Å²) in [5.74, 6) is 1.72. The molecule has 0 aliphatic rings. The number of rotatable bonds is 5. The van der Waals surface area contributed by atoms with E-state index in [0.29, 0.717) is 22.5 Å². The molecular formula is C13H15ClN2O2S. The first-order chi connectivity index (χ1) is 9.06. The number of hydrogen-bond donors (Lipinski definition) is 1. The first-order valence-electron chi connectivity index (χ1n) is 5.94. The molecule has 1 N–H and O–H groups in total. The van der Waals surface area contributed by atoms with Gasteiger partial charge in [0.1, 0.15) is 0 Å². The topological polar surface area (TPSA) is 59.2 Å². The number of aliphatic hydroxyl groups is 1. The van der Waals surface area contributed by atoms with Crippen LogP contribution < -0.4 is 0 Å². The van der Waals surface area contributed by atoms with Crippen LogP contribution in [0.3, 0.4) is 0 Å². The van der Waals surface area contributed by atoms with Crippen LogP contribution in [0.1, 0.15) is 19.7 Å². The van der Waals surface area contributed by atoms with Crippen molar-refractivity contribution >= 4 is 23.4 Å². The minimum atomic E-state index is -0.354. The molecule has 0 aliphatic heterocycles. The molecule has 0 amide bonds. The summed E-state index contributed by atoms with van der Waals surface area (Å²) >= 11 is 7.42. The molecule has 0 fully saturated rings. The second-order valence-electron chi connectivity index (χ2n) is 4.28. The van der Waals surface area contributed by atoms with Gasteiger partial charge in [-0.3, -0.25) is 0 Å². The van der Waals surface area contributed by atoms with Crippen molar-refractivity contribution in [2.75, 3.05) is 0 Å². The maximum atomic E-state index is 9.41. The summed E-state index contributed by atoms with van der Waals surface area (Å²) in [6.45, 7) is 3.74. The minimum Gasteiger partial charge on any atom is -0.392 e. The van der Waals surface area contributed by atoms with E-state index in [0.717, 1.165) is 5.56 Å². The van der Waals surface area contributed by atoms with Gasteiger partial charge in [0, 0.05) is 15.8 Å². The molecular weight excluding hydrogens is 284 g/mol. The molecule has 1 aromatic carbocycles. The fourth-order valence-corrected chi connectivity index (χ4v) is 2.30. The molecule has 2 rings (SSSR count). The Balaban J connectivity index is 2.01. The molecule has 4 nitrogen and oxygen atoms in total. The fourth-order valence-electron chi connectivity index (χ4n) is 1.37. The largest absolute Gasteiger partial charge is 0.392 e. The van der Waals surface area contributed by atoms with Crippen molar-refractivity contribution in [3.63, 3.8) is 0 Å². The highest BCUT2D eigenvalue weighted by Gasteiger charge is 2.13. The van der Waals surface area contributed by atoms with E-state index in [2.05, 4.69) is 10.1 Å². The van der Waals surface area contributed by atoms with Crippen molar-refractivity contribution in [3.8, 4) is 11.5 Å². The molecule has 19 heavy (non-hydrogen) atoms. The van der Waals surface area contributed by atoms with E-state index in [-0.39, 0.29) is 11.4 Å². The lowest BCUT2D eigenvalue weighted by Gasteiger charge is -2.11. The normalized spacial score (nSPS) is 14.3. The lowest BCUT2D eigenvalue weighted by atomic mass is 10.2. The number of aromatic nitrogens is 2. The summed E-state index contributed by atoms with van der Waals surface area (Å²) < 4.78 is 5.20. The molecule has 0 radical (unpaired) electrons. The second kappa shape index (κ2) is 6.41.